The van der Waals surface area contributed by atoms with Crippen molar-refractivity contribution in [2.75, 3.05) is 5.32 Å². The van der Waals surface area contributed by atoms with Crippen LogP contribution in [0.5, 0.6) is 5.75 Å². The normalized spacial score (nSPS) is 20.8. The van der Waals surface area contributed by atoms with Crippen molar-refractivity contribution in [2.24, 2.45) is 0 Å². The molecule has 2 atom stereocenters. The van der Waals surface area contributed by atoms with Crippen LogP contribution >= 0.6 is 11.6 Å². The van der Waals surface area contributed by atoms with Crippen molar-refractivity contribution in [3.05, 3.63) is 58.4 Å². The monoisotopic (exact) mass is 291 g/mol. The molecule has 4 heteroatoms. The van der Waals surface area contributed by atoms with Crippen LogP contribution in [-0.2, 0) is 0 Å². The fourth-order valence-corrected chi connectivity index (χ4v) is 2.86. The molecule has 1 N–H and O–H groups in total. The topological polar surface area (TPSA) is 21.3 Å². The summed E-state index contributed by atoms with van der Waals surface area (Å²) in [5.74, 6) is 0.527. The minimum absolute atomic E-state index is 0.0298. The van der Waals surface area contributed by atoms with Crippen molar-refractivity contribution in [1.29, 1.82) is 0 Å². The van der Waals surface area contributed by atoms with Crippen LogP contribution in [0.25, 0.3) is 0 Å². The Labute approximate surface area is 122 Å². The highest BCUT2D eigenvalue weighted by molar-refractivity contribution is 6.31. The smallest absolute Gasteiger partial charge is 0.146 e. The number of nitrogens with one attached hydrogen (secondary N) is 1. The second-order valence-corrected chi connectivity index (χ2v) is 5.56. The lowest BCUT2D eigenvalue weighted by molar-refractivity contribution is 0.176. The van der Waals surface area contributed by atoms with Crippen molar-refractivity contribution in [1.82, 2.24) is 0 Å². The molecule has 0 bridgehead atoms. The molecule has 0 fully saturated rings. The zero-order chi connectivity index (χ0) is 14.3. The second kappa shape index (κ2) is 4.98. The van der Waals surface area contributed by atoms with Crippen molar-refractivity contribution >= 4 is 17.3 Å². The number of fused-ring (bicyclic) bond motifs is 1. The molecule has 104 valence electrons. The standard InChI is InChI=1S/C16H15ClFNO/c1-9-6-12(17)8-14-15(9)20-16(10(2)19-14)11-4-3-5-13(18)7-11/h3-8,10,16,19H,1-2H3. The molecule has 2 aromatic rings. The van der Waals surface area contributed by atoms with Gasteiger partial charge in [-0.2, -0.15) is 0 Å². The Hall–Kier alpha value is -1.74. The number of anilines is 1. The highest BCUT2D eigenvalue weighted by atomic mass is 35.5. The van der Waals surface area contributed by atoms with Crippen LogP contribution in [-0.4, -0.2) is 6.04 Å². The van der Waals surface area contributed by atoms with Gasteiger partial charge in [-0.15, -0.1) is 0 Å². The molecule has 1 heterocycles. The van der Waals surface area contributed by atoms with Crippen molar-refractivity contribution in [2.45, 2.75) is 26.0 Å². The van der Waals surface area contributed by atoms with Gasteiger partial charge in [0, 0.05) is 5.02 Å². The minimum Gasteiger partial charge on any atom is -0.481 e. The molecular formula is C16H15ClFNO. The van der Waals surface area contributed by atoms with E-state index in [0.717, 1.165) is 22.6 Å². The van der Waals surface area contributed by atoms with Gasteiger partial charge >= 0.3 is 0 Å². The van der Waals surface area contributed by atoms with Gasteiger partial charge in [0.25, 0.3) is 0 Å². The van der Waals surface area contributed by atoms with Gasteiger partial charge in [0.05, 0.1) is 11.7 Å². The van der Waals surface area contributed by atoms with Gasteiger partial charge in [0.15, 0.2) is 0 Å². The summed E-state index contributed by atoms with van der Waals surface area (Å²) < 4.78 is 19.5. The molecule has 3 rings (SSSR count). The molecule has 2 aromatic carbocycles. The first-order valence-corrected chi connectivity index (χ1v) is 6.91. The maximum absolute atomic E-state index is 13.4. The Morgan fingerprint density at radius 3 is 2.80 bits per heavy atom. The lowest BCUT2D eigenvalue weighted by atomic mass is 10.00. The zero-order valence-corrected chi connectivity index (χ0v) is 12.0. The van der Waals surface area contributed by atoms with E-state index in [4.69, 9.17) is 16.3 Å². The third kappa shape index (κ3) is 2.34. The van der Waals surface area contributed by atoms with E-state index in [0.29, 0.717) is 5.02 Å². The molecular weight excluding hydrogens is 277 g/mol. The lowest BCUT2D eigenvalue weighted by Gasteiger charge is -2.34. The summed E-state index contributed by atoms with van der Waals surface area (Å²) in [6.07, 6.45) is -0.224. The first-order valence-electron chi connectivity index (χ1n) is 6.53. The Bertz CT molecular complexity index is 659. The quantitative estimate of drug-likeness (QED) is 0.821. The van der Waals surface area contributed by atoms with Crippen LogP contribution in [0.1, 0.15) is 24.2 Å². The Kier molecular flexibility index (Phi) is 3.30. The summed E-state index contributed by atoms with van der Waals surface area (Å²) in [7, 11) is 0. The van der Waals surface area contributed by atoms with Crippen LogP contribution in [0.4, 0.5) is 10.1 Å². The molecule has 0 aromatic heterocycles. The van der Waals surface area contributed by atoms with Crippen LogP contribution in [0.15, 0.2) is 36.4 Å². The van der Waals surface area contributed by atoms with Crippen molar-refractivity contribution in [3.8, 4) is 5.75 Å². The Morgan fingerprint density at radius 1 is 1.25 bits per heavy atom. The number of hydrogen-bond donors (Lipinski definition) is 1. The van der Waals surface area contributed by atoms with Gasteiger partial charge in [0.2, 0.25) is 0 Å². The largest absolute Gasteiger partial charge is 0.481 e. The highest BCUT2D eigenvalue weighted by Gasteiger charge is 2.29. The summed E-state index contributed by atoms with van der Waals surface area (Å²) in [6.45, 7) is 3.96. The van der Waals surface area contributed by atoms with E-state index < -0.39 is 0 Å². The summed E-state index contributed by atoms with van der Waals surface area (Å²) in [5, 5.41) is 4.05. The summed E-state index contributed by atoms with van der Waals surface area (Å²) in [6, 6.07) is 10.3. The van der Waals surface area contributed by atoms with E-state index in [-0.39, 0.29) is 18.0 Å². The predicted octanol–water partition coefficient (Wildman–Crippen LogP) is 4.72. The molecule has 0 aliphatic carbocycles. The van der Waals surface area contributed by atoms with Crippen LogP contribution < -0.4 is 10.1 Å². The molecule has 2 nitrogen and oxygen atoms in total. The minimum atomic E-state index is -0.253. The van der Waals surface area contributed by atoms with Crippen molar-refractivity contribution in [3.63, 3.8) is 0 Å². The molecule has 0 amide bonds. The molecule has 20 heavy (non-hydrogen) atoms. The zero-order valence-electron chi connectivity index (χ0n) is 11.3. The molecule has 0 spiro atoms. The van der Waals surface area contributed by atoms with Crippen LogP contribution in [0.2, 0.25) is 5.02 Å². The lowest BCUT2D eigenvalue weighted by Crippen LogP contribution is -2.33. The number of ether oxygens (including phenoxy) is 1. The summed E-state index contributed by atoms with van der Waals surface area (Å²) >= 11 is 6.06. The van der Waals surface area contributed by atoms with E-state index in [1.54, 1.807) is 6.07 Å². The van der Waals surface area contributed by atoms with Gasteiger partial charge in [-0.1, -0.05) is 23.7 Å². The average molecular weight is 292 g/mol. The first-order chi connectivity index (χ1) is 9.54. The fraction of sp³-hybridized carbons (Fsp3) is 0.250. The van der Waals surface area contributed by atoms with Gasteiger partial charge < -0.3 is 10.1 Å². The number of benzene rings is 2. The van der Waals surface area contributed by atoms with E-state index in [2.05, 4.69) is 5.32 Å². The third-order valence-electron chi connectivity index (χ3n) is 3.50. The molecule has 1 aliphatic rings. The molecule has 2 unspecified atom stereocenters. The Morgan fingerprint density at radius 2 is 2.05 bits per heavy atom. The molecule has 0 saturated carbocycles. The van der Waals surface area contributed by atoms with Gasteiger partial charge in [-0.3, -0.25) is 0 Å². The first kappa shape index (κ1) is 13.3. The van der Waals surface area contributed by atoms with Crippen molar-refractivity contribution < 1.29 is 9.13 Å². The SMILES string of the molecule is Cc1cc(Cl)cc2c1OC(c1cccc(F)c1)C(C)N2. The molecule has 1 aliphatic heterocycles. The average Bonchev–Trinajstić information content (AvgIpc) is 2.37. The van der Waals surface area contributed by atoms with Crippen LogP contribution in [0.3, 0.4) is 0 Å². The number of rotatable bonds is 1. The Balaban J connectivity index is 2.00. The maximum Gasteiger partial charge on any atom is 0.146 e. The van der Waals surface area contributed by atoms with Gasteiger partial charge in [-0.25, -0.2) is 4.39 Å². The summed E-state index contributed by atoms with van der Waals surface area (Å²) in [5.41, 5.74) is 2.67. The number of aryl methyl sites for hydroxylation is 1. The van der Waals surface area contributed by atoms with Gasteiger partial charge in [-0.05, 0) is 49.2 Å². The van der Waals surface area contributed by atoms with E-state index in [9.17, 15) is 4.39 Å². The van der Waals surface area contributed by atoms with E-state index in [1.807, 2.05) is 32.0 Å². The van der Waals surface area contributed by atoms with Gasteiger partial charge in [0.1, 0.15) is 17.7 Å². The van der Waals surface area contributed by atoms with Crippen LogP contribution in [0, 0.1) is 12.7 Å². The van der Waals surface area contributed by atoms with E-state index in [1.165, 1.54) is 12.1 Å². The molecule has 0 saturated heterocycles. The fourth-order valence-electron chi connectivity index (χ4n) is 2.58. The third-order valence-corrected chi connectivity index (χ3v) is 3.72. The molecule has 0 radical (unpaired) electrons. The number of hydrogen-bond acceptors (Lipinski definition) is 2. The highest BCUT2D eigenvalue weighted by Crippen LogP contribution is 2.41. The second-order valence-electron chi connectivity index (χ2n) is 5.13. The number of halogens is 2. The van der Waals surface area contributed by atoms with E-state index >= 15 is 0 Å². The summed E-state index contributed by atoms with van der Waals surface area (Å²) in [4.78, 5) is 0. The maximum atomic E-state index is 13.4. The predicted molar refractivity (Wildman–Crippen MR) is 79.0 cm³/mol.